The van der Waals surface area contributed by atoms with Gasteiger partial charge in [0.1, 0.15) is 0 Å². The third kappa shape index (κ3) is 1.95. The number of carbonyl (C=O) groups excluding carboxylic acids is 1. The van der Waals surface area contributed by atoms with Gasteiger partial charge in [0.25, 0.3) is 5.91 Å². The van der Waals surface area contributed by atoms with E-state index in [9.17, 15) is 4.79 Å². The van der Waals surface area contributed by atoms with Gasteiger partial charge in [-0.3, -0.25) is 4.79 Å². The number of benzene rings is 1. The van der Waals surface area contributed by atoms with E-state index in [-0.39, 0.29) is 5.91 Å². The van der Waals surface area contributed by atoms with Crippen LogP contribution < -0.4 is 5.32 Å². The van der Waals surface area contributed by atoms with Crippen molar-refractivity contribution in [1.82, 2.24) is 10.2 Å². The number of thiophene rings is 1. The number of nitrogens with zero attached hydrogens (tertiary/aromatic N) is 1. The lowest BCUT2D eigenvalue weighted by Gasteiger charge is -2.23. The molecule has 1 amide bonds. The Morgan fingerprint density at radius 3 is 3.05 bits per heavy atom. The topological polar surface area (TPSA) is 32.3 Å². The maximum absolute atomic E-state index is 12.3. The number of nitrogens with one attached hydrogen (secondary N) is 1. The Labute approximate surface area is 116 Å². The van der Waals surface area contributed by atoms with Crippen molar-refractivity contribution in [2.24, 2.45) is 5.92 Å². The molecule has 2 aromatic rings. The summed E-state index contributed by atoms with van der Waals surface area (Å²) in [7, 11) is 0. The second kappa shape index (κ2) is 4.32. The molecule has 2 fully saturated rings. The molecule has 2 saturated heterocycles. The van der Waals surface area contributed by atoms with E-state index in [2.05, 4.69) is 21.7 Å². The molecule has 0 spiro atoms. The molecule has 3 nitrogen and oxygen atoms in total. The summed E-state index contributed by atoms with van der Waals surface area (Å²) in [5, 5.41) is 6.43. The van der Waals surface area contributed by atoms with E-state index in [1.54, 1.807) is 11.3 Å². The van der Waals surface area contributed by atoms with Gasteiger partial charge >= 0.3 is 0 Å². The molecule has 4 rings (SSSR count). The number of fused-ring (bicyclic) bond motifs is 3. The van der Waals surface area contributed by atoms with Gasteiger partial charge in [0, 0.05) is 29.4 Å². The summed E-state index contributed by atoms with van der Waals surface area (Å²) >= 11 is 1.71. The molecular weight excluding hydrogens is 256 g/mol. The van der Waals surface area contributed by atoms with E-state index in [0.717, 1.165) is 24.0 Å². The number of rotatable bonds is 2. The molecule has 98 valence electrons. The number of amides is 1. The molecule has 0 aliphatic carbocycles. The van der Waals surface area contributed by atoms with Crippen LogP contribution in [0.25, 0.3) is 10.1 Å². The zero-order chi connectivity index (χ0) is 12.8. The van der Waals surface area contributed by atoms with E-state index in [1.165, 1.54) is 17.7 Å². The van der Waals surface area contributed by atoms with Gasteiger partial charge in [-0.25, -0.2) is 0 Å². The normalized spacial score (nSPS) is 28.9. The quantitative estimate of drug-likeness (QED) is 0.910. The fourth-order valence-electron chi connectivity index (χ4n) is 3.31. The highest BCUT2D eigenvalue weighted by Gasteiger charge is 2.38. The number of piperidine rings is 1. The predicted octanol–water partition coefficient (Wildman–Crippen LogP) is 2.34. The third-order valence-electron chi connectivity index (χ3n) is 4.36. The first kappa shape index (κ1) is 11.4. The minimum absolute atomic E-state index is 0.0758. The van der Waals surface area contributed by atoms with E-state index in [0.29, 0.717) is 12.0 Å². The van der Waals surface area contributed by atoms with E-state index in [1.807, 2.05) is 18.2 Å². The van der Waals surface area contributed by atoms with Gasteiger partial charge in [0.2, 0.25) is 0 Å². The van der Waals surface area contributed by atoms with Crippen molar-refractivity contribution in [3.8, 4) is 0 Å². The van der Waals surface area contributed by atoms with Crippen molar-refractivity contribution < 1.29 is 4.79 Å². The molecule has 2 aliphatic rings. The van der Waals surface area contributed by atoms with Crippen molar-refractivity contribution in [3.05, 3.63) is 35.2 Å². The maximum atomic E-state index is 12.3. The lowest BCUT2D eigenvalue weighted by Crippen LogP contribution is -2.43. The van der Waals surface area contributed by atoms with Gasteiger partial charge in [-0.15, -0.1) is 11.3 Å². The van der Waals surface area contributed by atoms with Gasteiger partial charge in [-0.05, 0) is 53.9 Å². The Kier molecular flexibility index (Phi) is 2.60. The summed E-state index contributed by atoms with van der Waals surface area (Å²) in [4.78, 5) is 14.8. The summed E-state index contributed by atoms with van der Waals surface area (Å²) in [6.45, 7) is 3.39. The molecule has 1 aromatic heterocycles. The lowest BCUT2D eigenvalue weighted by molar-refractivity contribution is 0.0924. The van der Waals surface area contributed by atoms with Crippen LogP contribution in [0.1, 0.15) is 16.8 Å². The minimum atomic E-state index is 0.0758. The van der Waals surface area contributed by atoms with Crippen LogP contribution in [0.15, 0.2) is 29.6 Å². The average Bonchev–Trinajstić information content (AvgIpc) is 3.13. The van der Waals surface area contributed by atoms with Gasteiger partial charge in [-0.2, -0.15) is 0 Å². The molecule has 3 heterocycles. The molecule has 1 N–H and O–H groups in total. The van der Waals surface area contributed by atoms with Crippen LogP contribution in [0.3, 0.4) is 0 Å². The second-order valence-corrected chi connectivity index (χ2v) is 6.51. The Balaban J connectivity index is 1.53. The number of carbonyl (C=O) groups is 1. The van der Waals surface area contributed by atoms with Crippen LogP contribution in [0.2, 0.25) is 0 Å². The first-order valence-electron chi connectivity index (χ1n) is 6.80. The van der Waals surface area contributed by atoms with Crippen LogP contribution in [0, 0.1) is 5.92 Å². The monoisotopic (exact) mass is 272 g/mol. The van der Waals surface area contributed by atoms with Crippen molar-refractivity contribution in [2.75, 3.05) is 19.6 Å². The Bertz CT molecular complexity index is 636. The van der Waals surface area contributed by atoms with Gasteiger partial charge in [0.05, 0.1) is 0 Å². The van der Waals surface area contributed by atoms with Crippen LogP contribution in [0.4, 0.5) is 0 Å². The number of hydrogen-bond donors (Lipinski definition) is 1. The third-order valence-corrected chi connectivity index (χ3v) is 5.26. The van der Waals surface area contributed by atoms with E-state index >= 15 is 0 Å². The molecular formula is C15H16N2OS. The highest BCUT2D eigenvalue weighted by Crippen LogP contribution is 2.28. The fraction of sp³-hybridized carbons (Fsp3) is 0.400. The lowest BCUT2D eigenvalue weighted by atomic mass is 9.99. The van der Waals surface area contributed by atoms with Crippen LogP contribution in [-0.4, -0.2) is 36.5 Å². The Morgan fingerprint density at radius 1 is 1.32 bits per heavy atom. The Morgan fingerprint density at radius 2 is 2.26 bits per heavy atom. The zero-order valence-electron chi connectivity index (χ0n) is 10.6. The molecule has 0 saturated carbocycles. The molecule has 3 atom stereocenters. The predicted molar refractivity (Wildman–Crippen MR) is 77.6 cm³/mol. The van der Waals surface area contributed by atoms with E-state index in [4.69, 9.17) is 0 Å². The molecule has 19 heavy (non-hydrogen) atoms. The van der Waals surface area contributed by atoms with E-state index < -0.39 is 0 Å². The van der Waals surface area contributed by atoms with Crippen molar-refractivity contribution in [2.45, 2.75) is 12.5 Å². The largest absolute Gasteiger partial charge is 0.348 e. The molecule has 1 unspecified atom stereocenters. The van der Waals surface area contributed by atoms with Gasteiger partial charge < -0.3 is 10.2 Å². The zero-order valence-corrected chi connectivity index (χ0v) is 11.5. The van der Waals surface area contributed by atoms with Crippen LogP contribution in [0.5, 0.6) is 0 Å². The number of hydrogen-bond acceptors (Lipinski definition) is 3. The minimum Gasteiger partial charge on any atom is -0.348 e. The molecule has 4 heteroatoms. The van der Waals surface area contributed by atoms with Gasteiger partial charge in [0.15, 0.2) is 0 Å². The van der Waals surface area contributed by atoms with Gasteiger partial charge in [-0.1, -0.05) is 0 Å². The Hall–Kier alpha value is -1.39. The highest BCUT2D eigenvalue weighted by atomic mass is 32.1. The molecule has 0 radical (unpaired) electrons. The summed E-state index contributed by atoms with van der Waals surface area (Å²) in [6.07, 6.45) is 1.23. The first-order valence-corrected chi connectivity index (χ1v) is 7.68. The SMILES string of the molecule is O=C(N[C@H]1CN2CC[C@H]1C2)c1ccc2sccc2c1. The van der Waals surface area contributed by atoms with Crippen molar-refractivity contribution >= 4 is 27.3 Å². The second-order valence-electron chi connectivity index (χ2n) is 5.56. The summed E-state index contributed by atoms with van der Waals surface area (Å²) in [5.41, 5.74) is 0.781. The molecule has 2 bridgehead atoms. The summed E-state index contributed by atoms with van der Waals surface area (Å²) in [5.74, 6) is 0.737. The van der Waals surface area contributed by atoms with Crippen molar-refractivity contribution in [3.63, 3.8) is 0 Å². The van der Waals surface area contributed by atoms with Crippen LogP contribution in [-0.2, 0) is 0 Å². The standard InChI is InChI=1S/C15H16N2OS/c18-15(16-13-9-17-5-3-12(13)8-17)11-1-2-14-10(7-11)4-6-19-14/h1-2,4,6-7,12-13H,3,5,8-9H2,(H,16,18)/t12-,13-/m0/s1. The average molecular weight is 272 g/mol. The first-order chi connectivity index (χ1) is 9.29. The van der Waals surface area contributed by atoms with Crippen LogP contribution >= 0.6 is 11.3 Å². The fourth-order valence-corrected chi connectivity index (χ4v) is 4.08. The smallest absolute Gasteiger partial charge is 0.251 e. The maximum Gasteiger partial charge on any atom is 0.251 e. The molecule has 1 aromatic carbocycles. The molecule has 2 aliphatic heterocycles. The summed E-state index contributed by atoms with van der Waals surface area (Å²) < 4.78 is 1.24. The summed E-state index contributed by atoms with van der Waals surface area (Å²) in [6, 6.07) is 8.38. The highest BCUT2D eigenvalue weighted by molar-refractivity contribution is 7.17. The van der Waals surface area contributed by atoms with Crippen molar-refractivity contribution in [1.29, 1.82) is 0 Å².